The first-order valence-electron chi connectivity index (χ1n) is 9.51. The van der Waals surface area contributed by atoms with Gasteiger partial charge in [-0.3, -0.25) is 0 Å². The molecule has 2 heterocycles. The normalized spacial score (nSPS) is 17.9. The van der Waals surface area contributed by atoms with E-state index in [1.807, 2.05) is 30.3 Å². The lowest BCUT2D eigenvalue weighted by atomic mass is 9.90. The Balaban J connectivity index is 1.35. The minimum Gasteiger partial charge on any atom is -0.316 e. The number of anilines is 1. The maximum atomic E-state index is 13.9. The predicted molar refractivity (Wildman–Crippen MR) is 108 cm³/mol. The summed E-state index contributed by atoms with van der Waals surface area (Å²) in [6.07, 6.45) is 1.42. The van der Waals surface area contributed by atoms with E-state index < -0.39 is 10.2 Å². The van der Waals surface area contributed by atoms with Crippen molar-refractivity contribution in [2.24, 2.45) is 5.14 Å². The first-order valence-corrected chi connectivity index (χ1v) is 11.0. The maximum Gasteiger partial charge on any atom is 0.322 e. The summed E-state index contributed by atoms with van der Waals surface area (Å²) < 4.78 is 38.0. The molecule has 2 aromatic rings. The van der Waals surface area contributed by atoms with Crippen LogP contribution in [0.5, 0.6) is 0 Å². The Kier molecular flexibility index (Phi) is 5.28. The van der Waals surface area contributed by atoms with Crippen molar-refractivity contribution in [2.45, 2.75) is 31.8 Å². The number of hydrogen-bond acceptors (Lipinski definition) is 3. The molecule has 1 saturated heterocycles. The molecule has 0 radical (unpaired) electrons. The van der Waals surface area contributed by atoms with Gasteiger partial charge in [0.1, 0.15) is 5.82 Å². The first-order chi connectivity index (χ1) is 13.8. The monoisotopic (exact) mass is 418 g/mol. The largest absolute Gasteiger partial charge is 0.322 e. The van der Waals surface area contributed by atoms with Gasteiger partial charge in [-0.1, -0.05) is 24.3 Å². The summed E-state index contributed by atoms with van der Waals surface area (Å²) in [7, 11) is -3.62. The minimum absolute atomic E-state index is 0.258. The molecule has 7 nitrogen and oxygen atoms in total. The molecule has 0 aromatic heterocycles. The standard InChI is InChI=1S/C20H23FN4O3S/c21-19-3-1-2-16-12-24(13-18(16)19)20(26)23-17-6-4-14(5-7-17)15-8-10-25(11-9-15)29(22,27)28/h1-7,15H,8-13H2,(H,23,26)(H2,22,27,28). The number of rotatable bonds is 3. The van der Waals surface area contributed by atoms with Crippen LogP contribution in [0.1, 0.15) is 35.4 Å². The summed E-state index contributed by atoms with van der Waals surface area (Å²) in [5.74, 6) is -0.0237. The number of carbonyl (C=O) groups excluding carboxylic acids is 1. The van der Waals surface area contributed by atoms with E-state index in [0.717, 1.165) is 11.1 Å². The van der Waals surface area contributed by atoms with Crippen LogP contribution in [0.2, 0.25) is 0 Å². The number of benzene rings is 2. The number of nitrogens with two attached hydrogens (primary N) is 1. The van der Waals surface area contributed by atoms with Crippen molar-refractivity contribution < 1.29 is 17.6 Å². The van der Waals surface area contributed by atoms with Crippen LogP contribution in [0.4, 0.5) is 14.9 Å². The zero-order chi connectivity index (χ0) is 20.6. The second kappa shape index (κ2) is 7.74. The van der Waals surface area contributed by atoms with Crippen LogP contribution in [0.25, 0.3) is 0 Å². The third-order valence-electron chi connectivity index (χ3n) is 5.66. The summed E-state index contributed by atoms with van der Waals surface area (Å²) in [5.41, 5.74) is 3.18. The second-order valence-corrected chi connectivity index (χ2v) is 9.05. The Hall–Kier alpha value is -2.49. The van der Waals surface area contributed by atoms with E-state index in [0.29, 0.717) is 43.7 Å². The van der Waals surface area contributed by atoms with Crippen molar-refractivity contribution >= 4 is 21.9 Å². The molecular weight excluding hydrogens is 395 g/mol. The van der Waals surface area contributed by atoms with Gasteiger partial charge in [0, 0.05) is 30.9 Å². The summed E-state index contributed by atoms with van der Waals surface area (Å²) in [6.45, 7) is 1.47. The number of nitrogens with one attached hydrogen (secondary N) is 1. The third-order valence-corrected chi connectivity index (χ3v) is 6.75. The van der Waals surface area contributed by atoms with Crippen molar-refractivity contribution in [3.63, 3.8) is 0 Å². The highest BCUT2D eigenvalue weighted by atomic mass is 32.2. The number of hydrogen-bond donors (Lipinski definition) is 2. The van der Waals surface area contributed by atoms with Gasteiger partial charge in [0.25, 0.3) is 10.2 Å². The number of halogens is 1. The molecule has 2 amide bonds. The van der Waals surface area contributed by atoms with Crippen molar-refractivity contribution in [2.75, 3.05) is 18.4 Å². The lowest BCUT2D eigenvalue weighted by Gasteiger charge is -2.30. The van der Waals surface area contributed by atoms with E-state index in [2.05, 4.69) is 5.32 Å². The lowest BCUT2D eigenvalue weighted by molar-refractivity contribution is 0.212. The fourth-order valence-corrected chi connectivity index (χ4v) is 4.73. The topological polar surface area (TPSA) is 95.7 Å². The zero-order valence-corrected chi connectivity index (χ0v) is 16.7. The zero-order valence-electron chi connectivity index (χ0n) is 15.8. The van der Waals surface area contributed by atoms with Gasteiger partial charge in [0.05, 0.1) is 6.54 Å². The van der Waals surface area contributed by atoms with E-state index in [9.17, 15) is 17.6 Å². The van der Waals surface area contributed by atoms with Crippen LogP contribution in [-0.4, -0.2) is 36.7 Å². The second-order valence-electron chi connectivity index (χ2n) is 7.50. The molecule has 0 saturated carbocycles. The molecule has 9 heteroatoms. The molecule has 2 aliphatic heterocycles. The van der Waals surface area contributed by atoms with Crippen LogP contribution >= 0.6 is 0 Å². The van der Waals surface area contributed by atoms with E-state index in [1.54, 1.807) is 11.0 Å². The molecule has 4 rings (SSSR count). The van der Waals surface area contributed by atoms with Crippen LogP contribution < -0.4 is 10.5 Å². The summed E-state index contributed by atoms with van der Waals surface area (Å²) in [5, 5.41) is 8.04. The minimum atomic E-state index is -3.62. The van der Waals surface area contributed by atoms with Gasteiger partial charge in [-0.25, -0.2) is 14.3 Å². The average molecular weight is 418 g/mol. The smallest absolute Gasteiger partial charge is 0.316 e. The number of urea groups is 1. The van der Waals surface area contributed by atoms with Gasteiger partial charge in [-0.15, -0.1) is 0 Å². The Bertz CT molecular complexity index is 1020. The van der Waals surface area contributed by atoms with Gasteiger partial charge in [0.15, 0.2) is 0 Å². The summed E-state index contributed by atoms with van der Waals surface area (Å²) in [6, 6.07) is 12.2. The van der Waals surface area contributed by atoms with Crippen molar-refractivity contribution in [1.29, 1.82) is 0 Å². The van der Waals surface area contributed by atoms with E-state index >= 15 is 0 Å². The molecule has 0 spiro atoms. The van der Waals surface area contributed by atoms with E-state index in [1.165, 1.54) is 10.4 Å². The molecule has 2 aromatic carbocycles. The molecule has 0 bridgehead atoms. The molecule has 0 atom stereocenters. The molecule has 29 heavy (non-hydrogen) atoms. The molecule has 2 aliphatic rings. The molecule has 0 unspecified atom stereocenters. The first kappa shape index (κ1) is 19.8. The summed E-state index contributed by atoms with van der Waals surface area (Å²) >= 11 is 0. The Morgan fingerprint density at radius 1 is 1.07 bits per heavy atom. The van der Waals surface area contributed by atoms with Gasteiger partial charge in [0.2, 0.25) is 0 Å². The number of piperidine rings is 1. The number of fused-ring (bicyclic) bond motifs is 1. The van der Waals surface area contributed by atoms with Gasteiger partial charge in [-0.05, 0) is 48.1 Å². The fourth-order valence-electron chi connectivity index (χ4n) is 4.01. The average Bonchev–Trinajstić information content (AvgIpc) is 3.14. The molecule has 154 valence electrons. The number of amides is 2. The Morgan fingerprint density at radius 2 is 1.76 bits per heavy atom. The molecular formula is C20H23FN4O3S. The van der Waals surface area contributed by atoms with Gasteiger partial charge < -0.3 is 10.2 Å². The summed E-state index contributed by atoms with van der Waals surface area (Å²) in [4.78, 5) is 14.1. The van der Waals surface area contributed by atoms with Crippen LogP contribution in [0.3, 0.4) is 0 Å². The van der Waals surface area contributed by atoms with Crippen molar-refractivity contribution in [3.05, 3.63) is 65.0 Å². The predicted octanol–water partition coefficient (Wildman–Crippen LogP) is 2.76. The third kappa shape index (κ3) is 4.26. The van der Waals surface area contributed by atoms with E-state index in [4.69, 9.17) is 5.14 Å². The van der Waals surface area contributed by atoms with Crippen molar-refractivity contribution in [3.8, 4) is 0 Å². The molecule has 0 aliphatic carbocycles. The Labute approximate surface area is 169 Å². The number of nitrogens with zero attached hydrogens (tertiary/aromatic N) is 2. The van der Waals surface area contributed by atoms with Gasteiger partial charge >= 0.3 is 6.03 Å². The molecule has 1 fully saturated rings. The van der Waals surface area contributed by atoms with Gasteiger partial charge in [-0.2, -0.15) is 12.7 Å². The fraction of sp³-hybridized carbons (Fsp3) is 0.350. The SMILES string of the molecule is NS(=O)(=O)N1CCC(c2ccc(NC(=O)N3Cc4cccc(F)c4C3)cc2)CC1. The number of carbonyl (C=O) groups is 1. The van der Waals surface area contributed by atoms with Crippen LogP contribution in [0, 0.1) is 5.82 Å². The van der Waals surface area contributed by atoms with Crippen molar-refractivity contribution in [1.82, 2.24) is 9.21 Å². The highest BCUT2D eigenvalue weighted by Gasteiger charge is 2.27. The highest BCUT2D eigenvalue weighted by Crippen LogP contribution is 2.30. The maximum absolute atomic E-state index is 13.9. The Morgan fingerprint density at radius 3 is 2.38 bits per heavy atom. The highest BCUT2D eigenvalue weighted by molar-refractivity contribution is 7.86. The van der Waals surface area contributed by atoms with E-state index in [-0.39, 0.29) is 24.3 Å². The quantitative estimate of drug-likeness (QED) is 0.802. The lowest BCUT2D eigenvalue weighted by Crippen LogP contribution is -2.41. The van der Waals surface area contributed by atoms with Crippen LogP contribution in [-0.2, 0) is 23.3 Å². The molecule has 3 N–H and O–H groups in total. The van der Waals surface area contributed by atoms with Crippen LogP contribution in [0.15, 0.2) is 42.5 Å².